The molecule has 0 saturated carbocycles. The van der Waals surface area contributed by atoms with Crippen molar-refractivity contribution in [2.75, 3.05) is 20.8 Å². The van der Waals surface area contributed by atoms with Gasteiger partial charge in [0, 0.05) is 18.7 Å². The van der Waals surface area contributed by atoms with E-state index in [-0.39, 0.29) is 5.91 Å². The number of benzene rings is 1. The fraction of sp³-hybridized carbons (Fsp3) is 0.412. The topological polar surface area (TPSA) is 76.1 Å². The number of carboxylic acids is 1. The van der Waals surface area contributed by atoms with Crippen LogP contribution in [0.1, 0.15) is 24.8 Å². The smallest absolute Gasteiger partial charge is 0.326 e. The van der Waals surface area contributed by atoms with Gasteiger partial charge in [0.25, 0.3) is 0 Å². The van der Waals surface area contributed by atoms with E-state index in [1.807, 2.05) is 0 Å². The maximum atomic E-state index is 12.3. The molecule has 6 heteroatoms. The van der Waals surface area contributed by atoms with E-state index in [4.69, 9.17) is 9.47 Å². The number of ether oxygens (including phenoxy) is 2. The van der Waals surface area contributed by atoms with Crippen molar-refractivity contribution in [3.63, 3.8) is 0 Å². The molecule has 2 rings (SSSR count). The molecule has 23 heavy (non-hydrogen) atoms. The van der Waals surface area contributed by atoms with E-state index < -0.39 is 12.0 Å². The summed E-state index contributed by atoms with van der Waals surface area (Å²) >= 11 is 0. The number of piperidine rings is 1. The number of rotatable bonds is 5. The maximum absolute atomic E-state index is 12.3. The zero-order valence-electron chi connectivity index (χ0n) is 13.3. The van der Waals surface area contributed by atoms with Gasteiger partial charge in [0.2, 0.25) is 5.91 Å². The molecule has 0 aliphatic carbocycles. The van der Waals surface area contributed by atoms with Crippen LogP contribution in [0.15, 0.2) is 24.3 Å². The number of amides is 1. The van der Waals surface area contributed by atoms with Gasteiger partial charge in [-0.1, -0.05) is 0 Å². The Morgan fingerprint density at radius 1 is 1.17 bits per heavy atom. The molecule has 1 aliphatic heterocycles. The third kappa shape index (κ3) is 4.25. The van der Waals surface area contributed by atoms with E-state index in [1.54, 1.807) is 38.5 Å². The summed E-state index contributed by atoms with van der Waals surface area (Å²) < 4.78 is 10.4. The van der Waals surface area contributed by atoms with Crippen molar-refractivity contribution in [3.8, 4) is 11.5 Å². The van der Waals surface area contributed by atoms with Crippen molar-refractivity contribution >= 4 is 18.0 Å². The Kier molecular flexibility index (Phi) is 5.62. The number of likely N-dealkylation sites (tertiary alicyclic amines) is 1. The van der Waals surface area contributed by atoms with E-state index in [9.17, 15) is 14.7 Å². The lowest BCUT2D eigenvalue weighted by atomic mass is 10.0. The van der Waals surface area contributed by atoms with Crippen LogP contribution < -0.4 is 9.47 Å². The Morgan fingerprint density at radius 3 is 2.39 bits per heavy atom. The van der Waals surface area contributed by atoms with Crippen molar-refractivity contribution < 1.29 is 24.2 Å². The van der Waals surface area contributed by atoms with E-state index in [1.165, 1.54) is 11.0 Å². The number of carbonyl (C=O) groups is 2. The van der Waals surface area contributed by atoms with Gasteiger partial charge in [0.15, 0.2) is 0 Å². The minimum Gasteiger partial charge on any atom is -0.497 e. The van der Waals surface area contributed by atoms with Crippen molar-refractivity contribution in [2.45, 2.75) is 25.3 Å². The highest BCUT2D eigenvalue weighted by Crippen LogP contribution is 2.23. The second-order valence-corrected chi connectivity index (χ2v) is 5.36. The average molecular weight is 319 g/mol. The largest absolute Gasteiger partial charge is 0.497 e. The molecule has 1 heterocycles. The van der Waals surface area contributed by atoms with Crippen LogP contribution in [0.25, 0.3) is 6.08 Å². The molecule has 0 unspecified atom stereocenters. The van der Waals surface area contributed by atoms with Gasteiger partial charge >= 0.3 is 5.97 Å². The van der Waals surface area contributed by atoms with Gasteiger partial charge in [0.05, 0.1) is 14.2 Å². The number of carbonyl (C=O) groups excluding carboxylic acids is 1. The van der Waals surface area contributed by atoms with Crippen molar-refractivity contribution in [1.29, 1.82) is 0 Å². The molecule has 0 spiro atoms. The van der Waals surface area contributed by atoms with Crippen LogP contribution in [0, 0.1) is 0 Å². The molecule has 0 radical (unpaired) electrons. The summed E-state index contributed by atoms with van der Waals surface area (Å²) in [5, 5.41) is 9.23. The number of nitrogens with zero attached hydrogens (tertiary/aromatic N) is 1. The Balaban J connectivity index is 2.15. The maximum Gasteiger partial charge on any atom is 0.326 e. The first-order chi connectivity index (χ1) is 11.0. The molecule has 1 N–H and O–H groups in total. The molecule has 1 aliphatic rings. The zero-order chi connectivity index (χ0) is 16.8. The van der Waals surface area contributed by atoms with Crippen LogP contribution >= 0.6 is 0 Å². The lowest BCUT2D eigenvalue weighted by Crippen LogP contribution is -2.47. The summed E-state index contributed by atoms with van der Waals surface area (Å²) in [4.78, 5) is 25.0. The molecule has 1 saturated heterocycles. The number of hydrogen-bond acceptors (Lipinski definition) is 4. The molecule has 1 aromatic carbocycles. The number of hydrogen-bond donors (Lipinski definition) is 1. The molecule has 1 fully saturated rings. The Bertz CT molecular complexity index is 589. The fourth-order valence-corrected chi connectivity index (χ4v) is 2.64. The molecular formula is C17H21NO5. The summed E-state index contributed by atoms with van der Waals surface area (Å²) in [5.41, 5.74) is 0.749. The van der Waals surface area contributed by atoms with E-state index in [0.717, 1.165) is 18.4 Å². The quantitative estimate of drug-likeness (QED) is 0.842. The van der Waals surface area contributed by atoms with Crippen LogP contribution in [-0.4, -0.2) is 48.7 Å². The number of aliphatic carboxylic acids is 1. The average Bonchev–Trinajstić information content (AvgIpc) is 2.59. The lowest BCUT2D eigenvalue weighted by Gasteiger charge is -2.32. The van der Waals surface area contributed by atoms with E-state index in [0.29, 0.717) is 24.5 Å². The van der Waals surface area contributed by atoms with Gasteiger partial charge in [0.1, 0.15) is 17.5 Å². The van der Waals surface area contributed by atoms with Crippen molar-refractivity contribution in [3.05, 3.63) is 29.8 Å². The van der Waals surface area contributed by atoms with Crippen LogP contribution in [0.4, 0.5) is 0 Å². The molecule has 1 aromatic rings. The first-order valence-corrected chi connectivity index (χ1v) is 7.49. The highest BCUT2D eigenvalue weighted by Gasteiger charge is 2.30. The molecule has 0 aromatic heterocycles. The predicted molar refractivity (Wildman–Crippen MR) is 85.6 cm³/mol. The summed E-state index contributed by atoms with van der Waals surface area (Å²) in [6, 6.07) is 4.55. The van der Waals surface area contributed by atoms with Gasteiger partial charge in [-0.3, -0.25) is 4.79 Å². The van der Waals surface area contributed by atoms with Gasteiger partial charge in [-0.2, -0.15) is 0 Å². The summed E-state index contributed by atoms with van der Waals surface area (Å²) in [5.74, 6) is 0.00375. The Morgan fingerprint density at radius 2 is 1.83 bits per heavy atom. The van der Waals surface area contributed by atoms with Crippen molar-refractivity contribution in [1.82, 2.24) is 4.90 Å². The van der Waals surface area contributed by atoms with Gasteiger partial charge < -0.3 is 19.5 Å². The minimum atomic E-state index is -0.950. The monoisotopic (exact) mass is 319 g/mol. The van der Waals surface area contributed by atoms with Crippen LogP contribution in [0.3, 0.4) is 0 Å². The van der Waals surface area contributed by atoms with Gasteiger partial charge in [-0.05, 0) is 43.0 Å². The number of methoxy groups -OCH3 is 2. The van der Waals surface area contributed by atoms with Crippen LogP contribution in [0.5, 0.6) is 11.5 Å². The lowest BCUT2D eigenvalue weighted by molar-refractivity contribution is -0.150. The van der Waals surface area contributed by atoms with E-state index in [2.05, 4.69) is 0 Å². The first kappa shape index (κ1) is 16.9. The first-order valence-electron chi connectivity index (χ1n) is 7.49. The predicted octanol–water partition coefficient (Wildman–Crippen LogP) is 2.18. The van der Waals surface area contributed by atoms with Crippen molar-refractivity contribution in [2.24, 2.45) is 0 Å². The SMILES string of the molecule is COc1cc(/C=C/C(=O)N2CCCC[C@@H]2C(=O)O)cc(OC)c1. The second kappa shape index (κ2) is 7.67. The molecule has 124 valence electrons. The van der Waals surface area contributed by atoms with E-state index >= 15 is 0 Å². The number of carboxylic acid groups (broad SMARTS) is 1. The zero-order valence-corrected chi connectivity index (χ0v) is 13.3. The molecule has 1 amide bonds. The highest BCUT2D eigenvalue weighted by atomic mass is 16.5. The highest BCUT2D eigenvalue weighted by molar-refractivity contribution is 5.94. The summed E-state index contributed by atoms with van der Waals surface area (Å²) in [6.45, 7) is 0.474. The summed E-state index contributed by atoms with van der Waals surface area (Å²) in [6.07, 6.45) is 5.20. The third-order valence-corrected chi connectivity index (χ3v) is 3.86. The standard InChI is InChI=1S/C17H21NO5/c1-22-13-9-12(10-14(11-13)23-2)6-7-16(19)18-8-4-3-5-15(18)17(20)21/h6-7,9-11,15H,3-5,8H2,1-2H3,(H,20,21)/b7-6+/t15-/m1/s1. The molecule has 1 atom stereocenters. The molecule has 6 nitrogen and oxygen atoms in total. The molecule has 0 bridgehead atoms. The second-order valence-electron chi connectivity index (χ2n) is 5.36. The van der Waals surface area contributed by atoms with Crippen LogP contribution in [-0.2, 0) is 9.59 Å². The summed E-state index contributed by atoms with van der Waals surface area (Å²) in [7, 11) is 3.11. The van der Waals surface area contributed by atoms with Gasteiger partial charge in [-0.15, -0.1) is 0 Å². The Hall–Kier alpha value is -2.50. The third-order valence-electron chi connectivity index (χ3n) is 3.86. The molecular weight excluding hydrogens is 298 g/mol. The Labute approximate surface area is 135 Å². The van der Waals surface area contributed by atoms with Gasteiger partial charge in [-0.25, -0.2) is 4.79 Å². The van der Waals surface area contributed by atoms with Crippen LogP contribution in [0.2, 0.25) is 0 Å². The minimum absolute atomic E-state index is 0.293. The fourth-order valence-electron chi connectivity index (χ4n) is 2.64. The normalized spacial score (nSPS) is 18.0.